The number of amides is 1. The Bertz CT molecular complexity index is 1110. The molecule has 196 valence electrons. The van der Waals surface area contributed by atoms with Crippen molar-refractivity contribution in [2.24, 2.45) is 5.92 Å². The van der Waals surface area contributed by atoms with Crippen molar-refractivity contribution in [3.63, 3.8) is 0 Å². The molecule has 11 heteroatoms. The van der Waals surface area contributed by atoms with Gasteiger partial charge in [-0.1, -0.05) is 70.0 Å². The number of hydrogen-bond acceptors (Lipinski definition) is 2. The first kappa shape index (κ1) is 30.1. The van der Waals surface area contributed by atoms with E-state index in [1.165, 1.54) is 19.1 Å². The third kappa shape index (κ3) is 8.47. The number of allylic oxidation sites excluding steroid dienone is 1. The lowest BCUT2D eigenvalue weighted by atomic mass is 9.93. The number of halogens is 8. The number of ketones is 1. The van der Waals surface area contributed by atoms with E-state index in [1.54, 1.807) is 6.07 Å². The molecule has 2 aromatic rings. The maximum atomic E-state index is 13.7. The van der Waals surface area contributed by atoms with Gasteiger partial charge in [-0.2, -0.15) is 26.3 Å². The average Bonchev–Trinajstić information content (AvgIpc) is 2.75. The van der Waals surface area contributed by atoms with E-state index < -0.39 is 53.4 Å². The normalized spacial score (nSPS) is 14.1. The standard InChI is InChI=1S/C25H23Br2F6NO2/c1-3-8-34-23(36)14(2)9-22(35)19-6-4-15(10-21(19)25(31,32)33)5-7-20(24(28,29)30)16-11-17(26)13-18(27)12-16/h4-7,10-14,20H,3,8-9H2,1-2H3,(H,34,36)/b7-5+/t14-,20?/m0/s1. The van der Waals surface area contributed by atoms with Crippen LogP contribution >= 0.6 is 31.9 Å². The van der Waals surface area contributed by atoms with Crippen molar-refractivity contribution in [3.8, 4) is 0 Å². The summed E-state index contributed by atoms with van der Waals surface area (Å²) in [6.45, 7) is 3.64. The lowest BCUT2D eigenvalue weighted by Gasteiger charge is -2.18. The van der Waals surface area contributed by atoms with E-state index in [2.05, 4.69) is 37.2 Å². The molecule has 2 aromatic carbocycles. The van der Waals surface area contributed by atoms with Gasteiger partial charge in [0.25, 0.3) is 0 Å². The first-order valence-electron chi connectivity index (χ1n) is 10.9. The molecule has 0 aliphatic carbocycles. The van der Waals surface area contributed by atoms with E-state index in [0.717, 1.165) is 24.3 Å². The Kier molecular flexibility index (Phi) is 10.4. The van der Waals surface area contributed by atoms with E-state index in [1.807, 2.05) is 6.92 Å². The van der Waals surface area contributed by atoms with Gasteiger partial charge in [0.05, 0.1) is 11.5 Å². The summed E-state index contributed by atoms with van der Waals surface area (Å²) in [4.78, 5) is 24.6. The summed E-state index contributed by atoms with van der Waals surface area (Å²) < 4.78 is 83.2. The summed E-state index contributed by atoms with van der Waals surface area (Å²) in [7, 11) is 0. The fraction of sp³-hybridized carbons (Fsp3) is 0.360. The van der Waals surface area contributed by atoms with Gasteiger partial charge in [-0.25, -0.2) is 0 Å². The van der Waals surface area contributed by atoms with Crippen molar-refractivity contribution >= 4 is 49.6 Å². The fourth-order valence-electron chi connectivity index (χ4n) is 3.42. The molecule has 2 rings (SSSR count). The molecular weight excluding hydrogens is 620 g/mol. The molecular formula is C25H23Br2F6NO2. The number of Topliss-reactive ketones (excluding diaryl/α,β-unsaturated/α-hetero) is 1. The van der Waals surface area contributed by atoms with Gasteiger partial charge >= 0.3 is 12.4 Å². The average molecular weight is 643 g/mol. The number of nitrogens with one attached hydrogen (secondary N) is 1. The third-order valence-electron chi connectivity index (χ3n) is 5.22. The summed E-state index contributed by atoms with van der Waals surface area (Å²) in [5, 5.41) is 2.58. The highest BCUT2D eigenvalue weighted by atomic mass is 79.9. The molecule has 0 bridgehead atoms. The molecule has 0 saturated heterocycles. The minimum absolute atomic E-state index is 0.113. The van der Waals surface area contributed by atoms with E-state index in [-0.39, 0.29) is 11.1 Å². The molecule has 0 aliphatic heterocycles. The van der Waals surface area contributed by atoms with Gasteiger partial charge in [0.2, 0.25) is 5.91 Å². The zero-order valence-electron chi connectivity index (χ0n) is 19.2. The summed E-state index contributed by atoms with van der Waals surface area (Å²) in [6.07, 6.45) is -7.70. The molecule has 0 aliphatic rings. The maximum Gasteiger partial charge on any atom is 0.417 e. The van der Waals surface area contributed by atoms with Gasteiger partial charge in [-0.15, -0.1) is 0 Å². The van der Waals surface area contributed by atoms with Gasteiger partial charge in [0.1, 0.15) is 0 Å². The van der Waals surface area contributed by atoms with Crippen LogP contribution in [0.3, 0.4) is 0 Å². The van der Waals surface area contributed by atoms with E-state index in [4.69, 9.17) is 0 Å². The largest absolute Gasteiger partial charge is 0.417 e. The molecule has 0 radical (unpaired) electrons. The quantitative estimate of drug-likeness (QED) is 0.221. The maximum absolute atomic E-state index is 13.7. The minimum atomic E-state index is -4.93. The molecule has 36 heavy (non-hydrogen) atoms. The van der Waals surface area contributed by atoms with Crippen LogP contribution in [0.15, 0.2) is 51.4 Å². The molecule has 0 spiro atoms. The van der Waals surface area contributed by atoms with Crippen molar-refractivity contribution in [3.05, 3.63) is 73.7 Å². The molecule has 0 heterocycles. The molecule has 2 atom stereocenters. The molecule has 0 saturated carbocycles. The minimum Gasteiger partial charge on any atom is -0.356 e. The third-order valence-corrected chi connectivity index (χ3v) is 6.13. The predicted molar refractivity (Wildman–Crippen MR) is 133 cm³/mol. The highest BCUT2D eigenvalue weighted by molar-refractivity contribution is 9.11. The number of benzene rings is 2. The Labute approximate surface area is 221 Å². The highest BCUT2D eigenvalue weighted by Gasteiger charge is 2.39. The predicted octanol–water partition coefficient (Wildman–Crippen LogP) is 8.32. The lowest BCUT2D eigenvalue weighted by Crippen LogP contribution is -2.31. The van der Waals surface area contributed by atoms with Crippen LogP contribution < -0.4 is 5.32 Å². The van der Waals surface area contributed by atoms with Crippen LogP contribution in [0.2, 0.25) is 0 Å². The summed E-state index contributed by atoms with van der Waals surface area (Å²) >= 11 is 6.26. The van der Waals surface area contributed by atoms with Gasteiger partial charge in [0.15, 0.2) is 5.78 Å². The Hall–Kier alpha value is -2.14. The zero-order chi connectivity index (χ0) is 27.3. The second-order valence-corrected chi connectivity index (χ2v) is 10.0. The first-order valence-corrected chi connectivity index (χ1v) is 12.4. The van der Waals surface area contributed by atoms with Crippen LogP contribution in [-0.4, -0.2) is 24.4 Å². The monoisotopic (exact) mass is 641 g/mol. The van der Waals surface area contributed by atoms with Crippen LogP contribution in [-0.2, 0) is 11.0 Å². The van der Waals surface area contributed by atoms with Crippen LogP contribution in [0.4, 0.5) is 26.3 Å². The molecule has 1 N–H and O–H groups in total. The van der Waals surface area contributed by atoms with Crippen molar-refractivity contribution in [2.45, 2.75) is 45.0 Å². The van der Waals surface area contributed by atoms with Crippen LogP contribution in [0.1, 0.15) is 59.7 Å². The zero-order valence-corrected chi connectivity index (χ0v) is 22.4. The number of rotatable bonds is 9. The number of hydrogen-bond donors (Lipinski definition) is 1. The molecule has 0 aromatic heterocycles. The smallest absolute Gasteiger partial charge is 0.356 e. The van der Waals surface area contributed by atoms with Crippen LogP contribution in [0, 0.1) is 5.92 Å². The number of carbonyl (C=O) groups is 2. The Balaban J connectivity index is 2.39. The lowest BCUT2D eigenvalue weighted by molar-refractivity contribution is -0.139. The van der Waals surface area contributed by atoms with Crippen molar-refractivity contribution in [1.29, 1.82) is 0 Å². The summed E-state index contributed by atoms with van der Waals surface area (Å²) in [5.41, 5.74) is -2.18. The van der Waals surface area contributed by atoms with E-state index in [0.29, 0.717) is 28.0 Å². The fourth-order valence-corrected chi connectivity index (χ4v) is 4.75. The van der Waals surface area contributed by atoms with E-state index >= 15 is 0 Å². The topological polar surface area (TPSA) is 46.2 Å². The Morgan fingerprint density at radius 1 is 1.00 bits per heavy atom. The summed E-state index contributed by atoms with van der Waals surface area (Å²) in [6, 6.07) is 6.81. The molecule has 1 unspecified atom stereocenters. The van der Waals surface area contributed by atoms with Crippen molar-refractivity contribution < 1.29 is 35.9 Å². The van der Waals surface area contributed by atoms with Crippen LogP contribution in [0.5, 0.6) is 0 Å². The summed E-state index contributed by atoms with van der Waals surface area (Å²) in [5.74, 6) is -4.26. The SMILES string of the molecule is CCCNC(=O)[C@@H](C)CC(=O)c1ccc(/C=C/C(c2cc(Br)cc(Br)c2)C(F)(F)F)cc1C(F)(F)F. The molecule has 3 nitrogen and oxygen atoms in total. The number of alkyl halides is 6. The van der Waals surface area contributed by atoms with Gasteiger partial charge in [-0.3, -0.25) is 9.59 Å². The van der Waals surface area contributed by atoms with E-state index in [9.17, 15) is 35.9 Å². The Morgan fingerprint density at radius 2 is 1.61 bits per heavy atom. The molecule has 0 fully saturated rings. The van der Waals surface area contributed by atoms with Gasteiger partial charge < -0.3 is 5.32 Å². The Morgan fingerprint density at radius 3 is 2.14 bits per heavy atom. The first-order chi connectivity index (χ1) is 16.6. The highest BCUT2D eigenvalue weighted by Crippen LogP contribution is 2.39. The number of carbonyl (C=O) groups excluding carboxylic acids is 2. The van der Waals surface area contributed by atoms with Crippen molar-refractivity contribution in [1.82, 2.24) is 5.32 Å². The van der Waals surface area contributed by atoms with Crippen LogP contribution in [0.25, 0.3) is 6.08 Å². The van der Waals surface area contributed by atoms with Gasteiger partial charge in [-0.05, 0) is 41.8 Å². The second kappa shape index (κ2) is 12.4. The second-order valence-electron chi connectivity index (χ2n) is 8.20. The van der Waals surface area contributed by atoms with Gasteiger partial charge in [0, 0.05) is 33.4 Å². The molecule has 1 amide bonds. The van der Waals surface area contributed by atoms with Crippen molar-refractivity contribution in [2.75, 3.05) is 6.54 Å².